The number of anilines is 1. The molecule has 0 atom stereocenters. The molecule has 0 aliphatic carbocycles. The fourth-order valence-electron chi connectivity index (χ4n) is 1.89. The largest absolute Gasteiger partial charge is 0.462 e. The summed E-state index contributed by atoms with van der Waals surface area (Å²) in [5.41, 5.74) is 8.82. The van der Waals surface area contributed by atoms with Crippen LogP contribution in [0.25, 0.3) is 11.3 Å². The van der Waals surface area contributed by atoms with Gasteiger partial charge in [0.2, 0.25) is 0 Å². The van der Waals surface area contributed by atoms with Gasteiger partial charge in [-0.15, -0.1) is 0 Å². The first-order valence-electron chi connectivity index (χ1n) is 6.13. The predicted molar refractivity (Wildman–Crippen MR) is 74.8 cm³/mol. The number of carbonyl (C=O) groups excluding carboxylic acids is 1. The minimum atomic E-state index is -0.435. The van der Waals surface area contributed by atoms with Gasteiger partial charge in [-0.3, -0.25) is 0 Å². The van der Waals surface area contributed by atoms with Gasteiger partial charge in [0.25, 0.3) is 0 Å². The molecule has 0 saturated heterocycles. The maximum absolute atomic E-state index is 11.7. The van der Waals surface area contributed by atoms with Crippen LogP contribution in [0, 0.1) is 6.92 Å². The maximum atomic E-state index is 11.7. The Bertz CT molecular complexity index is 595. The van der Waals surface area contributed by atoms with E-state index in [-0.39, 0.29) is 5.82 Å². The van der Waals surface area contributed by atoms with E-state index in [1.165, 1.54) is 0 Å². The molecule has 4 nitrogen and oxygen atoms in total. The predicted octanol–water partition coefficient (Wildman–Crippen LogP) is 2.82. The molecule has 0 spiro atoms. The molecule has 19 heavy (non-hydrogen) atoms. The van der Waals surface area contributed by atoms with Gasteiger partial charge in [-0.1, -0.05) is 30.3 Å². The third-order valence-corrected chi connectivity index (χ3v) is 2.79. The highest BCUT2D eigenvalue weighted by atomic mass is 16.5. The van der Waals surface area contributed by atoms with Gasteiger partial charge in [0.15, 0.2) is 0 Å². The molecule has 0 unspecified atom stereocenters. The van der Waals surface area contributed by atoms with E-state index in [0.717, 1.165) is 16.8 Å². The molecule has 0 saturated carbocycles. The number of pyridine rings is 1. The Balaban J connectivity index is 2.46. The van der Waals surface area contributed by atoms with Crippen molar-refractivity contribution < 1.29 is 9.53 Å². The first-order chi connectivity index (χ1) is 9.13. The Morgan fingerprint density at radius 2 is 2.00 bits per heavy atom. The maximum Gasteiger partial charge on any atom is 0.341 e. The van der Waals surface area contributed by atoms with Crippen molar-refractivity contribution in [2.24, 2.45) is 0 Å². The summed E-state index contributed by atoms with van der Waals surface area (Å²) in [5, 5.41) is 0. The van der Waals surface area contributed by atoms with Crippen LogP contribution in [-0.4, -0.2) is 17.6 Å². The lowest BCUT2D eigenvalue weighted by Gasteiger charge is -2.10. The highest BCUT2D eigenvalue weighted by Crippen LogP contribution is 2.24. The van der Waals surface area contributed by atoms with Crippen LogP contribution in [0.15, 0.2) is 36.4 Å². The zero-order valence-electron chi connectivity index (χ0n) is 11.0. The third-order valence-electron chi connectivity index (χ3n) is 2.79. The second kappa shape index (κ2) is 5.52. The van der Waals surface area contributed by atoms with Crippen molar-refractivity contribution in [3.8, 4) is 11.3 Å². The average Bonchev–Trinajstić information content (AvgIpc) is 2.42. The molecule has 0 aliphatic rings. The third kappa shape index (κ3) is 2.73. The molecule has 2 aromatic rings. The Labute approximate surface area is 112 Å². The summed E-state index contributed by atoms with van der Waals surface area (Å²) in [5.74, 6) is -0.238. The van der Waals surface area contributed by atoms with Crippen LogP contribution < -0.4 is 5.73 Å². The number of nitrogens with two attached hydrogens (primary N) is 1. The molecule has 0 radical (unpaired) electrons. The van der Waals surface area contributed by atoms with Crippen LogP contribution in [0.3, 0.4) is 0 Å². The average molecular weight is 256 g/mol. The van der Waals surface area contributed by atoms with E-state index in [1.807, 2.05) is 37.3 Å². The fraction of sp³-hybridized carbons (Fsp3) is 0.200. The molecule has 0 amide bonds. The zero-order chi connectivity index (χ0) is 13.8. The summed E-state index contributed by atoms with van der Waals surface area (Å²) in [7, 11) is 0. The van der Waals surface area contributed by atoms with Gasteiger partial charge < -0.3 is 10.5 Å². The lowest BCUT2D eigenvalue weighted by molar-refractivity contribution is 0.0527. The van der Waals surface area contributed by atoms with Gasteiger partial charge in [-0.2, -0.15) is 0 Å². The first-order valence-corrected chi connectivity index (χ1v) is 6.13. The SMILES string of the molecule is CCOC(=O)c1cc(C)c(-c2ccccc2)nc1N. The Hall–Kier alpha value is -2.36. The van der Waals surface area contributed by atoms with Crippen LogP contribution in [-0.2, 0) is 4.74 Å². The minimum Gasteiger partial charge on any atom is -0.462 e. The standard InChI is InChI=1S/C15H16N2O2/c1-3-19-15(18)12-9-10(2)13(17-14(12)16)11-7-5-4-6-8-11/h4-9H,3H2,1-2H3,(H2,16,17). The quantitative estimate of drug-likeness (QED) is 0.857. The number of aromatic nitrogens is 1. The Morgan fingerprint density at radius 1 is 1.32 bits per heavy atom. The highest BCUT2D eigenvalue weighted by Gasteiger charge is 2.15. The molecular formula is C15H16N2O2. The molecule has 1 heterocycles. The number of rotatable bonds is 3. The van der Waals surface area contributed by atoms with Crippen molar-refractivity contribution in [3.05, 3.63) is 47.5 Å². The molecule has 98 valence electrons. The molecule has 4 heteroatoms. The highest BCUT2D eigenvalue weighted by molar-refractivity contribution is 5.95. The van der Waals surface area contributed by atoms with Gasteiger partial charge in [0.05, 0.1) is 12.3 Å². The molecule has 1 aromatic carbocycles. The first kappa shape index (κ1) is 13.1. The van der Waals surface area contributed by atoms with Crippen LogP contribution >= 0.6 is 0 Å². The Kier molecular flexibility index (Phi) is 3.80. The van der Waals surface area contributed by atoms with E-state index >= 15 is 0 Å². The number of esters is 1. The van der Waals surface area contributed by atoms with Crippen molar-refractivity contribution in [2.45, 2.75) is 13.8 Å². The summed E-state index contributed by atoms with van der Waals surface area (Å²) in [4.78, 5) is 16.0. The number of nitrogens with zero attached hydrogens (tertiary/aromatic N) is 1. The van der Waals surface area contributed by atoms with E-state index < -0.39 is 5.97 Å². The van der Waals surface area contributed by atoms with Gasteiger partial charge in [0.1, 0.15) is 11.4 Å². The number of benzene rings is 1. The second-order valence-electron chi connectivity index (χ2n) is 4.17. The van der Waals surface area contributed by atoms with E-state index in [0.29, 0.717) is 12.2 Å². The van der Waals surface area contributed by atoms with Gasteiger partial charge in [-0.05, 0) is 25.5 Å². The summed E-state index contributed by atoms with van der Waals surface area (Å²) in [6.07, 6.45) is 0. The van der Waals surface area contributed by atoms with Crippen molar-refractivity contribution in [1.29, 1.82) is 0 Å². The van der Waals surface area contributed by atoms with Crippen molar-refractivity contribution in [3.63, 3.8) is 0 Å². The molecule has 1 aromatic heterocycles. The summed E-state index contributed by atoms with van der Waals surface area (Å²) in [6, 6.07) is 11.5. The number of aryl methyl sites for hydroxylation is 1. The molecule has 2 N–H and O–H groups in total. The van der Waals surface area contributed by atoms with Gasteiger partial charge >= 0.3 is 5.97 Å². The molecule has 0 fully saturated rings. The van der Waals surface area contributed by atoms with E-state index in [1.54, 1.807) is 13.0 Å². The van der Waals surface area contributed by atoms with Gasteiger partial charge in [0, 0.05) is 5.56 Å². The van der Waals surface area contributed by atoms with Crippen LogP contribution in [0.4, 0.5) is 5.82 Å². The molecule has 0 aliphatic heterocycles. The summed E-state index contributed by atoms with van der Waals surface area (Å²) < 4.78 is 4.95. The minimum absolute atomic E-state index is 0.197. The smallest absolute Gasteiger partial charge is 0.341 e. The van der Waals surface area contributed by atoms with Gasteiger partial charge in [-0.25, -0.2) is 9.78 Å². The van der Waals surface area contributed by atoms with Crippen LogP contribution in [0.5, 0.6) is 0 Å². The molecule has 0 bridgehead atoms. The van der Waals surface area contributed by atoms with Crippen molar-refractivity contribution >= 4 is 11.8 Å². The monoisotopic (exact) mass is 256 g/mol. The second-order valence-corrected chi connectivity index (χ2v) is 4.17. The van der Waals surface area contributed by atoms with Crippen LogP contribution in [0.2, 0.25) is 0 Å². The Morgan fingerprint density at radius 3 is 2.63 bits per heavy atom. The lowest BCUT2D eigenvalue weighted by atomic mass is 10.0. The lowest BCUT2D eigenvalue weighted by Crippen LogP contribution is -2.10. The topological polar surface area (TPSA) is 65.2 Å². The molecule has 2 rings (SSSR count). The summed E-state index contributed by atoms with van der Waals surface area (Å²) >= 11 is 0. The van der Waals surface area contributed by atoms with E-state index in [9.17, 15) is 4.79 Å². The number of hydrogen-bond acceptors (Lipinski definition) is 4. The number of nitrogen functional groups attached to an aromatic ring is 1. The van der Waals surface area contributed by atoms with Crippen LogP contribution in [0.1, 0.15) is 22.8 Å². The van der Waals surface area contributed by atoms with E-state index in [4.69, 9.17) is 10.5 Å². The van der Waals surface area contributed by atoms with E-state index in [2.05, 4.69) is 4.98 Å². The number of hydrogen-bond donors (Lipinski definition) is 1. The normalized spacial score (nSPS) is 10.2. The molecular weight excluding hydrogens is 240 g/mol. The van der Waals surface area contributed by atoms with Crippen molar-refractivity contribution in [2.75, 3.05) is 12.3 Å². The summed E-state index contributed by atoms with van der Waals surface area (Å²) in [6.45, 7) is 3.97. The van der Waals surface area contributed by atoms with Crippen molar-refractivity contribution in [1.82, 2.24) is 4.98 Å². The number of carbonyl (C=O) groups is 1. The fourth-order valence-corrected chi connectivity index (χ4v) is 1.89. The zero-order valence-corrected chi connectivity index (χ0v) is 11.0. The number of ether oxygens (including phenoxy) is 1.